The summed E-state index contributed by atoms with van der Waals surface area (Å²) < 4.78 is 0. The number of allylic oxidation sites excluding steroid dienone is 1. The predicted octanol–water partition coefficient (Wildman–Crippen LogP) is 1.84. The lowest BCUT2D eigenvalue weighted by Crippen LogP contribution is -2.28. The fourth-order valence-electron chi connectivity index (χ4n) is 1.71. The first kappa shape index (κ1) is 7.50. The van der Waals surface area contributed by atoms with Crippen molar-refractivity contribution in [3.8, 4) is 0 Å². The molecule has 3 heteroatoms. The Morgan fingerprint density at radius 3 is 3.29 bits per heavy atom. The van der Waals surface area contributed by atoms with E-state index in [2.05, 4.69) is 33.1 Å². The Morgan fingerprint density at radius 2 is 2.29 bits per heavy atom. The van der Waals surface area contributed by atoms with E-state index in [-0.39, 0.29) is 0 Å². The summed E-state index contributed by atoms with van der Waals surface area (Å²) in [5.74, 6) is 1.02. The normalized spacial score (nSPS) is 17.4. The van der Waals surface area contributed by atoms with Gasteiger partial charge in [0.1, 0.15) is 5.82 Å². The standard InChI is InChI=1S/C11H9N3/c1-2-9-3-4-10-8-12-6-7-14(10)11(9)13-5-1/h1-6,8H,7H2. The second-order valence-corrected chi connectivity index (χ2v) is 3.25. The Balaban J connectivity index is 2.18. The lowest BCUT2D eigenvalue weighted by atomic mass is 10.1. The molecule has 0 radical (unpaired) electrons. The van der Waals surface area contributed by atoms with Gasteiger partial charge in [-0.2, -0.15) is 0 Å². The van der Waals surface area contributed by atoms with Gasteiger partial charge in [-0.3, -0.25) is 4.99 Å². The maximum absolute atomic E-state index is 4.38. The van der Waals surface area contributed by atoms with Crippen molar-refractivity contribution in [1.82, 2.24) is 4.98 Å². The minimum Gasteiger partial charge on any atom is -0.319 e. The van der Waals surface area contributed by atoms with Gasteiger partial charge in [0.05, 0.1) is 18.4 Å². The van der Waals surface area contributed by atoms with Gasteiger partial charge in [-0.05, 0) is 24.3 Å². The highest BCUT2D eigenvalue weighted by Gasteiger charge is 2.18. The Bertz CT molecular complexity index is 457. The van der Waals surface area contributed by atoms with Crippen LogP contribution in [0.25, 0.3) is 6.08 Å². The maximum atomic E-state index is 4.38. The van der Waals surface area contributed by atoms with Crippen LogP contribution in [0.5, 0.6) is 0 Å². The monoisotopic (exact) mass is 183 g/mol. The molecule has 0 saturated carbocycles. The molecule has 2 aliphatic rings. The van der Waals surface area contributed by atoms with Crippen molar-refractivity contribution in [1.29, 1.82) is 0 Å². The number of nitrogens with zero attached hydrogens (tertiary/aromatic N) is 3. The minimum absolute atomic E-state index is 0.806. The molecule has 0 aliphatic carbocycles. The number of fused-ring (bicyclic) bond motifs is 3. The third-order valence-electron chi connectivity index (χ3n) is 2.39. The van der Waals surface area contributed by atoms with Gasteiger partial charge in [0.25, 0.3) is 0 Å². The summed E-state index contributed by atoms with van der Waals surface area (Å²) in [5.41, 5.74) is 2.28. The molecule has 1 aromatic heterocycles. The number of pyridine rings is 1. The lowest BCUT2D eigenvalue weighted by Gasteiger charge is -2.28. The van der Waals surface area contributed by atoms with Crippen molar-refractivity contribution < 1.29 is 0 Å². The Kier molecular flexibility index (Phi) is 1.50. The first-order valence-electron chi connectivity index (χ1n) is 4.57. The maximum Gasteiger partial charge on any atom is 0.140 e. The van der Waals surface area contributed by atoms with Gasteiger partial charge in [0.15, 0.2) is 0 Å². The number of rotatable bonds is 0. The molecule has 0 atom stereocenters. The van der Waals surface area contributed by atoms with E-state index in [4.69, 9.17) is 0 Å². The van der Waals surface area contributed by atoms with Crippen LogP contribution >= 0.6 is 0 Å². The van der Waals surface area contributed by atoms with Crippen LogP contribution in [0.2, 0.25) is 0 Å². The van der Waals surface area contributed by atoms with E-state index in [9.17, 15) is 0 Å². The van der Waals surface area contributed by atoms with Crippen molar-refractivity contribution in [2.45, 2.75) is 0 Å². The number of hydrogen-bond donors (Lipinski definition) is 0. The van der Waals surface area contributed by atoms with Crippen LogP contribution < -0.4 is 4.90 Å². The molecular formula is C11H9N3. The highest BCUT2D eigenvalue weighted by atomic mass is 15.2. The molecule has 68 valence electrons. The van der Waals surface area contributed by atoms with Crippen LogP contribution in [-0.2, 0) is 0 Å². The second-order valence-electron chi connectivity index (χ2n) is 3.25. The van der Waals surface area contributed by atoms with Crippen LogP contribution in [0.15, 0.2) is 41.3 Å². The van der Waals surface area contributed by atoms with Crippen molar-refractivity contribution >= 4 is 18.1 Å². The fraction of sp³-hybridized carbons (Fsp3) is 0.0909. The summed E-state index contributed by atoms with van der Waals surface area (Å²) in [6, 6.07) is 4.03. The van der Waals surface area contributed by atoms with Crippen molar-refractivity contribution in [2.24, 2.45) is 4.99 Å². The summed E-state index contributed by atoms with van der Waals surface area (Å²) in [6.45, 7) is 0.806. The largest absolute Gasteiger partial charge is 0.319 e. The molecule has 0 bridgehead atoms. The molecule has 0 aromatic carbocycles. The molecule has 0 fully saturated rings. The number of aliphatic imine (C=N–C) groups is 1. The van der Waals surface area contributed by atoms with Gasteiger partial charge in [0.2, 0.25) is 0 Å². The molecule has 3 heterocycles. The van der Waals surface area contributed by atoms with E-state index >= 15 is 0 Å². The fourth-order valence-corrected chi connectivity index (χ4v) is 1.71. The van der Waals surface area contributed by atoms with Gasteiger partial charge < -0.3 is 4.90 Å². The van der Waals surface area contributed by atoms with Crippen LogP contribution in [-0.4, -0.2) is 17.7 Å². The third kappa shape index (κ3) is 0.988. The summed E-state index contributed by atoms with van der Waals surface area (Å²) in [4.78, 5) is 10.7. The summed E-state index contributed by atoms with van der Waals surface area (Å²) in [6.07, 6.45) is 9.71. The molecule has 0 saturated heterocycles. The number of aromatic nitrogens is 1. The average molecular weight is 183 g/mol. The Labute approximate surface area is 82.1 Å². The molecule has 0 amide bonds. The molecule has 2 aliphatic heterocycles. The number of hydrogen-bond acceptors (Lipinski definition) is 3. The zero-order chi connectivity index (χ0) is 9.38. The van der Waals surface area contributed by atoms with Crippen LogP contribution in [0.4, 0.5) is 5.82 Å². The van der Waals surface area contributed by atoms with Crippen LogP contribution in [0, 0.1) is 0 Å². The molecule has 0 N–H and O–H groups in total. The summed E-state index contributed by atoms with van der Waals surface area (Å²) in [5, 5.41) is 0. The zero-order valence-corrected chi connectivity index (χ0v) is 7.59. The smallest absolute Gasteiger partial charge is 0.140 e. The van der Waals surface area contributed by atoms with Crippen LogP contribution in [0.1, 0.15) is 5.56 Å². The third-order valence-corrected chi connectivity index (χ3v) is 2.39. The number of anilines is 1. The Morgan fingerprint density at radius 1 is 1.29 bits per heavy atom. The summed E-state index contributed by atoms with van der Waals surface area (Å²) in [7, 11) is 0. The Hall–Kier alpha value is -1.90. The van der Waals surface area contributed by atoms with Crippen LogP contribution in [0.3, 0.4) is 0 Å². The van der Waals surface area contributed by atoms with E-state index in [1.807, 2.05) is 24.7 Å². The molecule has 14 heavy (non-hydrogen) atoms. The van der Waals surface area contributed by atoms with E-state index in [1.165, 1.54) is 5.56 Å². The molecule has 1 aromatic rings. The topological polar surface area (TPSA) is 28.5 Å². The molecule has 0 spiro atoms. The van der Waals surface area contributed by atoms with Crippen molar-refractivity contribution in [3.63, 3.8) is 0 Å². The van der Waals surface area contributed by atoms with Gasteiger partial charge in [-0.25, -0.2) is 4.98 Å². The van der Waals surface area contributed by atoms with E-state index in [0.717, 1.165) is 18.1 Å². The van der Waals surface area contributed by atoms with Crippen molar-refractivity contribution in [3.05, 3.63) is 41.9 Å². The van der Waals surface area contributed by atoms with Gasteiger partial charge in [-0.1, -0.05) is 0 Å². The van der Waals surface area contributed by atoms with E-state index in [1.54, 1.807) is 0 Å². The van der Waals surface area contributed by atoms with Gasteiger partial charge in [-0.15, -0.1) is 0 Å². The molecule has 3 nitrogen and oxygen atoms in total. The van der Waals surface area contributed by atoms with E-state index in [0.29, 0.717) is 0 Å². The lowest BCUT2D eigenvalue weighted by molar-refractivity contribution is 0.997. The minimum atomic E-state index is 0.806. The summed E-state index contributed by atoms with van der Waals surface area (Å²) >= 11 is 0. The van der Waals surface area contributed by atoms with Gasteiger partial charge >= 0.3 is 0 Å². The highest BCUT2D eigenvalue weighted by molar-refractivity contribution is 5.79. The molecule has 0 unspecified atom stereocenters. The quantitative estimate of drug-likeness (QED) is 0.614. The first-order valence-corrected chi connectivity index (χ1v) is 4.57. The SMILES string of the molecule is C1=Cc2cccnc2N2CC=NC=C12. The first-order chi connectivity index (χ1) is 6.95. The molecular weight excluding hydrogens is 174 g/mol. The van der Waals surface area contributed by atoms with E-state index < -0.39 is 0 Å². The highest BCUT2D eigenvalue weighted by Crippen LogP contribution is 2.28. The zero-order valence-electron chi connectivity index (χ0n) is 7.59. The second kappa shape index (κ2) is 2.80. The van der Waals surface area contributed by atoms with Crippen molar-refractivity contribution in [2.75, 3.05) is 11.4 Å². The average Bonchev–Trinajstić information content (AvgIpc) is 2.29. The predicted molar refractivity (Wildman–Crippen MR) is 57.2 cm³/mol. The molecule has 3 rings (SSSR count). The van der Waals surface area contributed by atoms with Gasteiger partial charge in [0, 0.05) is 18.0 Å².